The van der Waals surface area contributed by atoms with E-state index in [1.807, 2.05) is 6.07 Å². The lowest BCUT2D eigenvalue weighted by atomic mass is 10.1. The third-order valence-corrected chi connectivity index (χ3v) is 5.04. The van der Waals surface area contributed by atoms with Crippen LogP contribution >= 0.6 is 11.6 Å². The first-order valence-electron chi connectivity index (χ1n) is 8.43. The number of aryl methyl sites for hydroxylation is 1. The van der Waals surface area contributed by atoms with Gasteiger partial charge in [0.15, 0.2) is 5.58 Å². The van der Waals surface area contributed by atoms with Crippen LogP contribution in [0.1, 0.15) is 5.56 Å². The molecule has 5 nitrogen and oxygen atoms in total. The highest BCUT2D eigenvalue weighted by Crippen LogP contribution is 2.22. The zero-order valence-corrected chi connectivity index (χ0v) is 14.9. The minimum Gasteiger partial charge on any atom is -0.408 e. The maximum Gasteiger partial charge on any atom is 0.421 e. The summed E-state index contributed by atoms with van der Waals surface area (Å²) in [6.45, 7) is 6.38. The van der Waals surface area contributed by atoms with Crippen LogP contribution in [-0.4, -0.2) is 35.6 Å². The topological polar surface area (TPSA) is 41.6 Å². The van der Waals surface area contributed by atoms with Gasteiger partial charge in [-0.25, -0.2) is 4.79 Å². The van der Waals surface area contributed by atoms with Gasteiger partial charge in [-0.2, -0.15) is 0 Å². The van der Waals surface area contributed by atoms with Crippen LogP contribution in [0.15, 0.2) is 51.7 Å². The summed E-state index contributed by atoms with van der Waals surface area (Å²) in [5.41, 5.74) is 3.92. The number of anilines is 1. The first-order chi connectivity index (χ1) is 12.1. The maximum atomic E-state index is 12.2. The van der Waals surface area contributed by atoms with E-state index in [-0.39, 0.29) is 5.76 Å². The largest absolute Gasteiger partial charge is 0.421 e. The molecule has 130 valence electrons. The molecule has 0 saturated carbocycles. The Balaban J connectivity index is 1.48. The Kier molecular flexibility index (Phi) is 4.27. The molecule has 0 atom stereocenters. The van der Waals surface area contributed by atoms with Gasteiger partial charge in [0.1, 0.15) is 0 Å². The van der Waals surface area contributed by atoms with Crippen molar-refractivity contribution in [2.75, 3.05) is 31.1 Å². The van der Waals surface area contributed by atoms with E-state index in [1.165, 1.54) is 11.3 Å². The average Bonchev–Trinajstić information content (AvgIpc) is 2.91. The smallest absolute Gasteiger partial charge is 0.408 e. The van der Waals surface area contributed by atoms with Gasteiger partial charge in [0, 0.05) is 43.0 Å². The molecular weight excluding hydrogens is 338 g/mol. The highest BCUT2D eigenvalue weighted by molar-refractivity contribution is 6.31. The summed E-state index contributed by atoms with van der Waals surface area (Å²) in [6.07, 6.45) is 0. The number of halogens is 1. The van der Waals surface area contributed by atoms with Crippen LogP contribution in [0.5, 0.6) is 0 Å². The minimum absolute atomic E-state index is 0.335. The maximum absolute atomic E-state index is 12.2. The van der Waals surface area contributed by atoms with Gasteiger partial charge in [-0.1, -0.05) is 29.8 Å². The third kappa shape index (κ3) is 3.17. The zero-order chi connectivity index (χ0) is 17.4. The summed E-state index contributed by atoms with van der Waals surface area (Å²) in [6, 6.07) is 13.8. The predicted molar refractivity (Wildman–Crippen MR) is 100 cm³/mol. The van der Waals surface area contributed by atoms with E-state index in [0.717, 1.165) is 31.7 Å². The summed E-state index contributed by atoms with van der Waals surface area (Å²) < 4.78 is 6.99. The fraction of sp³-hybridized carbons (Fsp3) is 0.316. The van der Waals surface area contributed by atoms with E-state index >= 15 is 0 Å². The Hall–Kier alpha value is -2.24. The van der Waals surface area contributed by atoms with Crippen LogP contribution in [0.2, 0.25) is 5.02 Å². The number of hydrogen-bond donors (Lipinski definition) is 0. The van der Waals surface area contributed by atoms with E-state index in [2.05, 4.69) is 41.0 Å². The zero-order valence-electron chi connectivity index (χ0n) is 14.1. The van der Waals surface area contributed by atoms with Crippen LogP contribution in [-0.2, 0) is 6.67 Å². The summed E-state index contributed by atoms with van der Waals surface area (Å²) in [7, 11) is 0. The Morgan fingerprint density at radius 3 is 2.60 bits per heavy atom. The van der Waals surface area contributed by atoms with E-state index in [4.69, 9.17) is 16.0 Å². The number of benzene rings is 2. The molecule has 0 spiro atoms. The number of aromatic nitrogens is 1. The van der Waals surface area contributed by atoms with Gasteiger partial charge in [0.25, 0.3) is 0 Å². The molecule has 0 amide bonds. The molecule has 0 bridgehead atoms. The first kappa shape index (κ1) is 16.2. The molecule has 0 radical (unpaired) electrons. The Labute approximate surface area is 151 Å². The Bertz CT molecular complexity index is 955. The van der Waals surface area contributed by atoms with Crippen molar-refractivity contribution in [2.24, 2.45) is 0 Å². The van der Waals surface area contributed by atoms with Crippen molar-refractivity contribution in [1.29, 1.82) is 0 Å². The van der Waals surface area contributed by atoms with Crippen LogP contribution in [0.4, 0.5) is 5.69 Å². The molecule has 1 aliphatic heterocycles. The van der Waals surface area contributed by atoms with E-state index in [9.17, 15) is 4.79 Å². The second-order valence-electron chi connectivity index (χ2n) is 6.44. The van der Waals surface area contributed by atoms with Crippen molar-refractivity contribution in [2.45, 2.75) is 13.6 Å². The molecular formula is C19H20ClN3O2. The summed E-state index contributed by atoms with van der Waals surface area (Å²) in [5.74, 6) is -0.335. The standard InChI is InChI=1S/C19H20ClN3O2/c1-14-4-2-3-5-16(14)22-10-8-21(9-11-22)13-23-17-7-6-15(20)12-18(17)25-19(23)24/h2-7,12H,8-11,13H2,1H3. The molecule has 1 fully saturated rings. The molecule has 1 aliphatic rings. The second-order valence-corrected chi connectivity index (χ2v) is 6.88. The van der Waals surface area contributed by atoms with E-state index in [0.29, 0.717) is 17.3 Å². The second kappa shape index (κ2) is 6.58. The molecule has 25 heavy (non-hydrogen) atoms. The highest BCUT2D eigenvalue weighted by Gasteiger charge is 2.20. The third-order valence-electron chi connectivity index (χ3n) is 4.80. The summed E-state index contributed by atoms with van der Waals surface area (Å²) in [5, 5.41) is 0.570. The molecule has 4 rings (SSSR count). The number of para-hydroxylation sites is 1. The first-order valence-corrected chi connectivity index (χ1v) is 8.81. The van der Waals surface area contributed by atoms with Gasteiger partial charge in [-0.3, -0.25) is 9.47 Å². The molecule has 2 aromatic carbocycles. The average molecular weight is 358 g/mol. The number of rotatable bonds is 3. The molecule has 2 heterocycles. The lowest BCUT2D eigenvalue weighted by molar-refractivity contribution is 0.202. The SMILES string of the molecule is Cc1ccccc1N1CCN(Cn2c(=O)oc3cc(Cl)ccc32)CC1. The fourth-order valence-corrected chi connectivity index (χ4v) is 3.58. The fourth-order valence-electron chi connectivity index (χ4n) is 3.42. The van der Waals surface area contributed by atoms with E-state index in [1.54, 1.807) is 16.7 Å². The van der Waals surface area contributed by atoms with Crippen LogP contribution in [0.25, 0.3) is 11.1 Å². The van der Waals surface area contributed by atoms with Gasteiger partial charge in [-0.05, 0) is 30.7 Å². The van der Waals surface area contributed by atoms with Gasteiger partial charge >= 0.3 is 5.76 Å². The van der Waals surface area contributed by atoms with Crippen LogP contribution in [0.3, 0.4) is 0 Å². The van der Waals surface area contributed by atoms with Crippen molar-refractivity contribution in [3.63, 3.8) is 0 Å². The number of hydrogen-bond acceptors (Lipinski definition) is 4. The molecule has 1 aromatic heterocycles. The molecule has 0 unspecified atom stereocenters. The van der Waals surface area contributed by atoms with Gasteiger partial charge in [-0.15, -0.1) is 0 Å². The number of fused-ring (bicyclic) bond motifs is 1. The molecule has 0 aliphatic carbocycles. The van der Waals surface area contributed by atoms with E-state index < -0.39 is 0 Å². The predicted octanol–water partition coefficient (Wildman–Crippen LogP) is 3.34. The van der Waals surface area contributed by atoms with Gasteiger partial charge in [0.05, 0.1) is 12.2 Å². The highest BCUT2D eigenvalue weighted by atomic mass is 35.5. The van der Waals surface area contributed by atoms with Crippen LogP contribution in [0, 0.1) is 6.92 Å². The Morgan fingerprint density at radius 2 is 1.84 bits per heavy atom. The number of oxazole rings is 1. The van der Waals surface area contributed by atoms with Crippen molar-refractivity contribution in [1.82, 2.24) is 9.47 Å². The number of nitrogens with zero attached hydrogens (tertiary/aromatic N) is 3. The molecule has 0 N–H and O–H groups in total. The minimum atomic E-state index is -0.335. The Morgan fingerprint density at radius 1 is 1.08 bits per heavy atom. The number of piperazine rings is 1. The molecule has 6 heteroatoms. The summed E-state index contributed by atoms with van der Waals surface area (Å²) >= 11 is 5.97. The van der Waals surface area contributed by atoms with Gasteiger partial charge < -0.3 is 9.32 Å². The van der Waals surface area contributed by atoms with Crippen molar-refractivity contribution in [3.05, 3.63) is 63.6 Å². The van der Waals surface area contributed by atoms with Crippen molar-refractivity contribution in [3.8, 4) is 0 Å². The molecule has 3 aromatic rings. The lowest BCUT2D eigenvalue weighted by Gasteiger charge is -2.36. The van der Waals surface area contributed by atoms with Crippen molar-refractivity contribution < 1.29 is 4.42 Å². The lowest BCUT2D eigenvalue weighted by Crippen LogP contribution is -2.47. The monoisotopic (exact) mass is 357 g/mol. The summed E-state index contributed by atoms with van der Waals surface area (Å²) in [4.78, 5) is 16.9. The molecule has 1 saturated heterocycles. The van der Waals surface area contributed by atoms with Gasteiger partial charge in [0.2, 0.25) is 0 Å². The quantitative estimate of drug-likeness (QED) is 0.721. The van der Waals surface area contributed by atoms with Crippen LogP contribution < -0.4 is 10.7 Å². The van der Waals surface area contributed by atoms with Crippen molar-refractivity contribution >= 4 is 28.4 Å². The normalized spacial score (nSPS) is 15.8.